The average molecular weight is 230 g/mol. The summed E-state index contributed by atoms with van der Waals surface area (Å²) in [6.45, 7) is 0. The monoisotopic (exact) mass is 231 g/mol. The summed E-state index contributed by atoms with van der Waals surface area (Å²) in [5, 5.41) is 8.27. The minimum atomic E-state index is -0.913. The van der Waals surface area contributed by atoms with E-state index in [1.54, 1.807) is 11.8 Å². The second-order valence-corrected chi connectivity index (χ2v) is 2.71. The van der Waals surface area contributed by atoms with Gasteiger partial charge in [-0.25, -0.2) is 0 Å². The SMILES string of the molecule is CSCC[C@@H](N)C(=O)O.[SeH2]. The Morgan fingerprint density at radius 2 is 2.30 bits per heavy atom. The van der Waals surface area contributed by atoms with Crippen LogP contribution in [-0.2, 0) is 4.79 Å². The third-order valence-electron chi connectivity index (χ3n) is 0.950. The predicted molar refractivity (Wildman–Crippen MR) is 47.2 cm³/mol. The van der Waals surface area contributed by atoms with Gasteiger partial charge in [0.25, 0.3) is 0 Å². The van der Waals surface area contributed by atoms with Crippen LogP contribution < -0.4 is 5.73 Å². The fourth-order valence-electron chi connectivity index (χ4n) is 0.368. The molecule has 0 aliphatic rings. The van der Waals surface area contributed by atoms with Crippen LogP contribution in [-0.4, -0.2) is 46.2 Å². The Kier molecular flexibility index (Phi) is 9.58. The Balaban J connectivity index is 0. The number of carboxylic acid groups (broad SMARTS) is 1. The molecule has 0 heterocycles. The summed E-state index contributed by atoms with van der Waals surface area (Å²) >= 11 is 1.60. The molecule has 0 aliphatic heterocycles. The third kappa shape index (κ3) is 6.42. The van der Waals surface area contributed by atoms with E-state index in [2.05, 4.69) is 0 Å². The average Bonchev–Trinajstić information content (AvgIpc) is 1.82. The van der Waals surface area contributed by atoms with Crippen molar-refractivity contribution in [3.63, 3.8) is 0 Å². The van der Waals surface area contributed by atoms with Crippen LogP contribution in [0, 0.1) is 0 Å². The Bertz CT molecular complexity index is 102. The van der Waals surface area contributed by atoms with Gasteiger partial charge < -0.3 is 10.8 Å². The fraction of sp³-hybridized carbons (Fsp3) is 0.800. The summed E-state index contributed by atoms with van der Waals surface area (Å²) in [4.78, 5) is 10.1. The topological polar surface area (TPSA) is 63.3 Å². The van der Waals surface area contributed by atoms with E-state index in [9.17, 15) is 4.79 Å². The first-order valence-corrected chi connectivity index (χ1v) is 4.05. The van der Waals surface area contributed by atoms with Crippen LogP contribution in [0.15, 0.2) is 0 Å². The normalized spacial score (nSPS) is 11.8. The van der Waals surface area contributed by atoms with Gasteiger partial charge in [-0.2, -0.15) is 11.8 Å². The van der Waals surface area contributed by atoms with Crippen LogP contribution in [0.2, 0.25) is 0 Å². The van der Waals surface area contributed by atoms with Crippen molar-refractivity contribution in [2.45, 2.75) is 12.5 Å². The van der Waals surface area contributed by atoms with Crippen molar-refractivity contribution in [1.82, 2.24) is 0 Å². The number of hydrogen-bond donors (Lipinski definition) is 2. The van der Waals surface area contributed by atoms with Gasteiger partial charge in [0.15, 0.2) is 0 Å². The van der Waals surface area contributed by atoms with E-state index in [-0.39, 0.29) is 17.1 Å². The van der Waals surface area contributed by atoms with Crippen molar-refractivity contribution in [2.24, 2.45) is 5.73 Å². The van der Waals surface area contributed by atoms with Gasteiger partial charge in [-0.1, -0.05) is 0 Å². The van der Waals surface area contributed by atoms with Crippen molar-refractivity contribution < 1.29 is 9.90 Å². The molecule has 10 heavy (non-hydrogen) atoms. The van der Waals surface area contributed by atoms with Gasteiger partial charge in [-0.3, -0.25) is 4.79 Å². The van der Waals surface area contributed by atoms with Gasteiger partial charge in [0, 0.05) is 0 Å². The molecule has 0 spiro atoms. The summed E-state index contributed by atoms with van der Waals surface area (Å²) < 4.78 is 0. The fourth-order valence-corrected chi connectivity index (χ4v) is 0.858. The summed E-state index contributed by atoms with van der Waals surface area (Å²) in [6.07, 6.45) is 2.48. The van der Waals surface area contributed by atoms with Gasteiger partial charge >= 0.3 is 23.0 Å². The molecule has 0 saturated heterocycles. The zero-order valence-electron chi connectivity index (χ0n) is 5.83. The number of rotatable bonds is 4. The number of nitrogens with two attached hydrogens (primary N) is 1. The second-order valence-electron chi connectivity index (χ2n) is 1.73. The molecule has 0 unspecified atom stereocenters. The maximum absolute atomic E-state index is 10.1. The molecule has 0 aromatic carbocycles. The molecule has 5 heteroatoms. The Morgan fingerprint density at radius 3 is 2.60 bits per heavy atom. The van der Waals surface area contributed by atoms with Gasteiger partial charge in [0.05, 0.1) is 0 Å². The van der Waals surface area contributed by atoms with Crippen LogP contribution in [0.3, 0.4) is 0 Å². The molecule has 3 N–H and O–H groups in total. The van der Waals surface area contributed by atoms with Crippen LogP contribution in [0.5, 0.6) is 0 Å². The van der Waals surface area contributed by atoms with Crippen LogP contribution >= 0.6 is 11.8 Å². The van der Waals surface area contributed by atoms with Gasteiger partial charge in [0.2, 0.25) is 0 Å². The third-order valence-corrected chi connectivity index (χ3v) is 1.59. The van der Waals surface area contributed by atoms with E-state index < -0.39 is 12.0 Å². The Morgan fingerprint density at radius 1 is 1.80 bits per heavy atom. The van der Waals surface area contributed by atoms with Gasteiger partial charge in [-0.15, -0.1) is 0 Å². The molecular weight excluding hydrogens is 217 g/mol. The number of hydrogen-bond acceptors (Lipinski definition) is 3. The summed E-state index contributed by atoms with van der Waals surface area (Å²) in [7, 11) is 0. The molecule has 3 nitrogen and oxygen atoms in total. The first-order valence-electron chi connectivity index (χ1n) is 2.65. The van der Waals surface area contributed by atoms with Gasteiger partial charge in [-0.05, 0) is 18.4 Å². The summed E-state index contributed by atoms with van der Waals surface area (Å²) in [5.41, 5.74) is 5.19. The van der Waals surface area contributed by atoms with Crippen LogP contribution in [0.25, 0.3) is 0 Å². The van der Waals surface area contributed by atoms with E-state index in [0.717, 1.165) is 5.75 Å². The molecular formula is C5H13NO2SSe. The van der Waals surface area contributed by atoms with E-state index in [1.807, 2.05) is 6.26 Å². The Hall–Kier alpha value is 0.299. The van der Waals surface area contributed by atoms with Crippen molar-refractivity contribution in [2.75, 3.05) is 12.0 Å². The summed E-state index contributed by atoms with van der Waals surface area (Å²) in [5.74, 6) is -0.1000. The molecule has 0 aromatic heterocycles. The second kappa shape index (κ2) is 7.41. The number of carboxylic acids is 1. The number of carbonyl (C=O) groups is 1. The maximum atomic E-state index is 10.1. The molecule has 0 aliphatic carbocycles. The number of aliphatic carboxylic acids is 1. The van der Waals surface area contributed by atoms with E-state index in [1.165, 1.54) is 0 Å². The molecule has 62 valence electrons. The molecule has 1 atom stereocenters. The predicted octanol–water partition coefficient (Wildman–Crippen LogP) is -0.765. The van der Waals surface area contributed by atoms with E-state index in [0.29, 0.717) is 6.42 Å². The minimum absolute atomic E-state index is 0. The van der Waals surface area contributed by atoms with Crippen molar-refractivity contribution >= 4 is 34.8 Å². The molecule has 0 amide bonds. The molecule has 0 aromatic rings. The standard InChI is InChI=1S/C5H11NO2S.H2Se/c1-9-3-2-4(6)5(7)8;/h4H,2-3,6H2,1H3,(H,7,8);1H2/t4-;/m1./s1. The summed E-state index contributed by atoms with van der Waals surface area (Å²) in [6, 6.07) is -0.683. The first kappa shape index (κ1) is 12.9. The zero-order valence-corrected chi connectivity index (χ0v) is 8.75. The van der Waals surface area contributed by atoms with E-state index >= 15 is 0 Å². The zero-order chi connectivity index (χ0) is 7.28. The van der Waals surface area contributed by atoms with E-state index in [4.69, 9.17) is 10.8 Å². The number of thioether (sulfide) groups is 1. The van der Waals surface area contributed by atoms with Crippen molar-refractivity contribution in [3.05, 3.63) is 0 Å². The van der Waals surface area contributed by atoms with Crippen LogP contribution in [0.4, 0.5) is 0 Å². The van der Waals surface area contributed by atoms with Crippen molar-refractivity contribution in [3.8, 4) is 0 Å². The van der Waals surface area contributed by atoms with Crippen LogP contribution in [0.1, 0.15) is 6.42 Å². The molecule has 0 rings (SSSR count). The Labute approximate surface area is 75.2 Å². The molecule has 0 saturated carbocycles. The molecule has 0 bridgehead atoms. The quantitative estimate of drug-likeness (QED) is 0.623. The van der Waals surface area contributed by atoms with Crippen molar-refractivity contribution in [1.29, 1.82) is 0 Å². The molecule has 0 radical (unpaired) electrons. The van der Waals surface area contributed by atoms with Gasteiger partial charge in [0.1, 0.15) is 6.04 Å². The first-order chi connectivity index (χ1) is 4.18. The molecule has 0 fully saturated rings.